The van der Waals surface area contributed by atoms with Gasteiger partial charge >= 0.3 is 12.4 Å². The second-order valence-electron chi connectivity index (χ2n) is 8.86. The van der Waals surface area contributed by atoms with Gasteiger partial charge in [-0.1, -0.05) is 29.4 Å². The molecule has 0 saturated heterocycles. The van der Waals surface area contributed by atoms with E-state index in [2.05, 4.69) is 10.1 Å². The fourth-order valence-corrected chi connectivity index (χ4v) is 5.05. The molecule has 0 fully saturated rings. The van der Waals surface area contributed by atoms with Crippen LogP contribution in [0, 0.1) is 5.82 Å². The summed E-state index contributed by atoms with van der Waals surface area (Å²) in [5, 5.41) is 5.83. The molecular weight excluding hydrogens is 547 g/mol. The topological polar surface area (TPSA) is 37.7 Å². The van der Waals surface area contributed by atoms with Crippen molar-refractivity contribution in [2.45, 2.75) is 31.5 Å². The summed E-state index contributed by atoms with van der Waals surface area (Å²) in [6.45, 7) is 1.22. The molecule has 1 atom stereocenters. The molecule has 1 aliphatic heterocycles. The van der Waals surface area contributed by atoms with E-state index in [0.717, 1.165) is 0 Å². The Morgan fingerprint density at radius 2 is 1.59 bits per heavy atom. The van der Waals surface area contributed by atoms with Crippen LogP contribution in [0.25, 0.3) is 11.1 Å². The summed E-state index contributed by atoms with van der Waals surface area (Å²) >= 11 is 1.26. The van der Waals surface area contributed by atoms with E-state index in [0.29, 0.717) is 28.1 Å². The van der Waals surface area contributed by atoms with E-state index in [-0.39, 0.29) is 24.0 Å². The molecule has 4 nitrogen and oxygen atoms in total. The number of alkyl halides is 6. The average Bonchev–Trinajstić information content (AvgIpc) is 3.53. The Hall–Kier alpha value is -3.93. The molecule has 2 aromatic carbocycles. The van der Waals surface area contributed by atoms with Gasteiger partial charge < -0.3 is 9.74 Å². The summed E-state index contributed by atoms with van der Waals surface area (Å²) < 4.78 is 96.8. The highest BCUT2D eigenvalue weighted by Crippen LogP contribution is 2.44. The standard InChI is InChI=1S/C27H18F7N3OS/c1-25(17-11-18(26(29,30)31)13-19(12-17)27(32,33)34)37(24(36-38-25)23-7-4-10-39-23)15-16-14-35-9-8-20(16)21-5-2-3-6-22(21)28/h2-14H,15H2,1H3. The highest BCUT2D eigenvalue weighted by molar-refractivity contribution is 7.12. The summed E-state index contributed by atoms with van der Waals surface area (Å²) in [5.41, 5.74) is -4.09. The molecule has 0 N–H and O–H groups in total. The van der Waals surface area contributed by atoms with Crippen LogP contribution in [-0.2, 0) is 29.5 Å². The van der Waals surface area contributed by atoms with Crippen molar-refractivity contribution in [2.24, 2.45) is 5.16 Å². The Kier molecular flexibility index (Phi) is 6.61. The van der Waals surface area contributed by atoms with E-state index < -0.39 is 40.6 Å². The van der Waals surface area contributed by atoms with Crippen molar-refractivity contribution in [1.29, 1.82) is 0 Å². The van der Waals surface area contributed by atoms with Gasteiger partial charge in [-0.15, -0.1) is 11.3 Å². The molecule has 5 rings (SSSR count). The summed E-state index contributed by atoms with van der Waals surface area (Å²) in [6, 6.07) is 12.3. The number of benzene rings is 2. The zero-order valence-corrected chi connectivity index (χ0v) is 20.8. The molecule has 0 spiro atoms. The molecule has 4 aromatic rings. The third-order valence-electron chi connectivity index (χ3n) is 6.34. The third kappa shape index (κ3) is 5.08. The Morgan fingerprint density at radius 3 is 2.21 bits per heavy atom. The first-order valence-corrected chi connectivity index (χ1v) is 12.3. The van der Waals surface area contributed by atoms with Crippen LogP contribution in [0.15, 0.2) is 83.6 Å². The Labute approximate surface area is 222 Å². The van der Waals surface area contributed by atoms with Crippen molar-refractivity contribution in [2.75, 3.05) is 0 Å². The highest BCUT2D eigenvalue weighted by Gasteiger charge is 2.47. The molecule has 1 aliphatic rings. The lowest BCUT2D eigenvalue weighted by atomic mass is 9.95. The zero-order valence-electron chi connectivity index (χ0n) is 20.0. The number of hydrogen-bond donors (Lipinski definition) is 0. The van der Waals surface area contributed by atoms with Crippen molar-refractivity contribution in [3.8, 4) is 11.1 Å². The summed E-state index contributed by atoms with van der Waals surface area (Å²) in [7, 11) is 0. The molecule has 0 aliphatic carbocycles. The summed E-state index contributed by atoms with van der Waals surface area (Å²) in [5.74, 6) is -0.313. The van der Waals surface area contributed by atoms with Gasteiger partial charge in [-0.25, -0.2) is 4.39 Å². The van der Waals surface area contributed by atoms with Gasteiger partial charge in [0.15, 0.2) is 5.84 Å². The van der Waals surface area contributed by atoms with Crippen molar-refractivity contribution < 1.29 is 35.6 Å². The van der Waals surface area contributed by atoms with Gasteiger partial charge in [0.1, 0.15) is 5.82 Å². The van der Waals surface area contributed by atoms with Gasteiger partial charge in [0.05, 0.1) is 22.5 Å². The fraction of sp³-hybridized carbons (Fsp3) is 0.185. The van der Waals surface area contributed by atoms with Crippen LogP contribution in [-0.4, -0.2) is 15.7 Å². The minimum atomic E-state index is -5.05. The molecule has 39 heavy (non-hydrogen) atoms. The van der Waals surface area contributed by atoms with Crippen LogP contribution >= 0.6 is 11.3 Å². The van der Waals surface area contributed by atoms with Gasteiger partial charge in [-0.05, 0) is 52.9 Å². The largest absolute Gasteiger partial charge is 0.416 e. The normalized spacial score (nSPS) is 17.7. The van der Waals surface area contributed by atoms with Crippen LogP contribution in [0.5, 0.6) is 0 Å². The maximum Gasteiger partial charge on any atom is 0.416 e. The van der Waals surface area contributed by atoms with Crippen molar-refractivity contribution >= 4 is 17.2 Å². The second-order valence-corrected chi connectivity index (χ2v) is 9.81. The van der Waals surface area contributed by atoms with Crippen molar-refractivity contribution in [3.05, 3.63) is 111 Å². The Balaban J connectivity index is 1.66. The van der Waals surface area contributed by atoms with Gasteiger partial charge in [0.25, 0.3) is 0 Å². The van der Waals surface area contributed by atoms with Crippen LogP contribution in [0.2, 0.25) is 0 Å². The lowest BCUT2D eigenvalue weighted by molar-refractivity contribution is -0.144. The molecule has 0 radical (unpaired) electrons. The average molecular weight is 566 g/mol. The van der Waals surface area contributed by atoms with Crippen LogP contribution in [0.1, 0.15) is 34.1 Å². The molecule has 0 amide bonds. The van der Waals surface area contributed by atoms with E-state index in [9.17, 15) is 30.7 Å². The smallest absolute Gasteiger partial charge is 0.360 e. The lowest BCUT2D eigenvalue weighted by Gasteiger charge is -2.35. The maximum atomic E-state index is 14.7. The molecule has 0 bridgehead atoms. The zero-order chi connectivity index (χ0) is 28.0. The van der Waals surface area contributed by atoms with Crippen molar-refractivity contribution in [1.82, 2.24) is 9.88 Å². The highest BCUT2D eigenvalue weighted by atomic mass is 32.1. The van der Waals surface area contributed by atoms with E-state index in [1.807, 2.05) is 0 Å². The minimum Gasteiger partial charge on any atom is -0.360 e. The lowest BCUT2D eigenvalue weighted by Crippen LogP contribution is -2.44. The Bertz CT molecular complexity index is 1500. The van der Waals surface area contributed by atoms with Crippen LogP contribution < -0.4 is 0 Å². The van der Waals surface area contributed by atoms with Gasteiger partial charge in [-0.2, -0.15) is 26.3 Å². The van der Waals surface area contributed by atoms with E-state index in [1.165, 1.54) is 47.7 Å². The molecule has 3 heterocycles. The summed E-state index contributed by atoms with van der Waals surface area (Å²) in [4.78, 5) is 11.8. The number of oxime groups is 1. The third-order valence-corrected chi connectivity index (χ3v) is 7.21. The molecule has 0 saturated carbocycles. The first kappa shape index (κ1) is 26.7. The number of pyridine rings is 1. The van der Waals surface area contributed by atoms with E-state index in [1.54, 1.807) is 35.7 Å². The SMILES string of the molecule is CC1(c2cc(C(F)(F)F)cc(C(F)(F)F)c2)ON=C(c2cccs2)N1Cc1cnccc1-c1ccccc1F. The molecule has 2 aromatic heterocycles. The molecular formula is C27H18F7N3OS. The number of hydrogen-bond acceptors (Lipinski definition) is 5. The fourth-order valence-electron chi connectivity index (χ4n) is 4.34. The molecule has 12 heteroatoms. The number of thiophene rings is 1. The van der Waals surface area contributed by atoms with E-state index >= 15 is 0 Å². The number of amidine groups is 1. The molecule has 202 valence electrons. The minimum absolute atomic E-state index is 0.0601. The van der Waals surface area contributed by atoms with E-state index in [4.69, 9.17) is 4.84 Å². The number of halogens is 7. The van der Waals surface area contributed by atoms with Gasteiger partial charge in [-0.3, -0.25) is 4.98 Å². The monoisotopic (exact) mass is 565 g/mol. The molecule has 1 unspecified atom stereocenters. The summed E-state index contributed by atoms with van der Waals surface area (Å²) in [6.07, 6.45) is -7.18. The number of rotatable bonds is 5. The second kappa shape index (κ2) is 9.67. The number of aromatic nitrogens is 1. The van der Waals surface area contributed by atoms with Crippen LogP contribution in [0.3, 0.4) is 0 Å². The maximum absolute atomic E-state index is 14.7. The van der Waals surface area contributed by atoms with Gasteiger partial charge in [0.2, 0.25) is 5.72 Å². The quantitative estimate of drug-likeness (QED) is 0.230. The first-order valence-electron chi connectivity index (χ1n) is 11.4. The number of nitrogens with zero attached hydrogens (tertiary/aromatic N) is 3. The van der Waals surface area contributed by atoms with Gasteiger partial charge in [0, 0.05) is 30.4 Å². The first-order chi connectivity index (χ1) is 18.4. The van der Waals surface area contributed by atoms with Crippen molar-refractivity contribution in [3.63, 3.8) is 0 Å². The predicted octanol–water partition coefficient (Wildman–Crippen LogP) is 8.05. The van der Waals surface area contributed by atoms with Crippen LogP contribution in [0.4, 0.5) is 30.7 Å². The predicted molar refractivity (Wildman–Crippen MR) is 131 cm³/mol. The Morgan fingerprint density at radius 1 is 0.897 bits per heavy atom.